The summed E-state index contributed by atoms with van der Waals surface area (Å²) in [5, 5.41) is 12.3. The highest BCUT2D eigenvalue weighted by atomic mass is 35.5. The van der Waals surface area contributed by atoms with Gasteiger partial charge in [0.1, 0.15) is 0 Å². The summed E-state index contributed by atoms with van der Waals surface area (Å²) in [4.78, 5) is 0. The van der Waals surface area contributed by atoms with Crippen molar-refractivity contribution in [2.45, 2.75) is 6.42 Å². The van der Waals surface area contributed by atoms with Gasteiger partial charge in [0.25, 0.3) is 0 Å². The maximum Gasteiger partial charge on any atom is 0.150 e. The number of sulfone groups is 1. The van der Waals surface area contributed by atoms with Crippen molar-refractivity contribution in [2.75, 3.05) is 23.4 Å². The molecule has 2 rings (SSSR count). The van der Waals surface area contributed by atoms with Gasteiger partial charge >= 0.3 is 0 Å². The van der Waals surface area contributed by atoms with Gasteiger partial charge in [0.2, 0.25) is 0 Å². The summed E-state index contributed by atoms with van der Waals surface area (Å²) in [6, 6.07) is 7.02. The smallest absolute Gasteiger partial charge is 0.150 e. The van der Waals surface area contributed by atoms with Gasteiger partial charge in [0.05, 0.1) is 33.8 Å². The molecule has 0 aliphatic carbocycles. The average molecular weight is 285 g/mol. The first kappa shape index (κ1) is 13.2. The number of rotatable bonds is 3. The highest BCUT2D eigenvalue weighted by Gasteiger charge is 2.27. The molecule has 1 saturated heterocycles. The minimum absolute atomic E-state index is 0.140. The third-order valence-electron chi connectivity index (χ3n) is 3.01. The second-order valence-electron chi connectivity index (χ2n) is 4.46. The molecule has 1 atom stereocenters. The van der Waals surface area contributed by atoms with E-state index in [1.54, 1.807) is 18.2 Å². The quantitative estimate of drug-likeness (QED) is 0.922. The van der Waals surface area contributed by atoms with E-state index in [9.17, 15) is 8.42 Å². The van der Waals surface area contributed by atoms with Gasteiger partial charge in [-0.15, -0.1) is 0 Å². The third-order valence-corrected chi connectivity index (χ3v) is 5.16. The molecule has 1 fully saturated rings. The molecule has 1 unspecified atom stereocenters. The summed E-state index contributed by atoms with van der Waals surface area (Å²) in [5.74, 6) is 0.663. The van der Waals surface area contributed by atoms with Crippen molar-refractivity contribution in [3.8, 4) is 6.07 Å². The van der Waals surface area contributed by atoms with Crippen LogP contribution in [0.15, 0.2) is 18.2 Å². The van der Waals surface area contributed by atoms with E-state index in [0.29, 0.717) is 23.6 Å². The summed E-state index contributed by atoms with van der Waals surface area (Å²) in [6.07, 6.45) is 0.698. The second kappa shape index (κ2) is 5.17. The van der Waals surface area contributed by atoms with Crippen LogP contribution in [0.25, 0.3) is 0 Å². The van der Waals surface area contributed by atoms with E-state index in [0.717, 1.165) is 5.69 Å². The largest absolute Gasteiger partial charge is 0.384 e. The molecule has 1 aromatic rings. The van der Waals surface area contributed by atoms with E-state index in [-0.39, 0.29) is 17.4 Å². The predicted octanol–water partition coefficient (Wildman–Crippen LogP) is 2.06. The highest BCUT2D eigenvalue weighted by Crippen LogP contribution is 2.24. The lowest BCUT2D eigenvalue weighted by atomic mass is 10.1. The minimum atomic E-state index is -2.84. The zero-order valence-corrected chi connectivity index (χ0v) is 11.3. The van der Waals surface area contributed by atoms with Crippen LogP contribution < -0.4 is 5.32 Å². The molecule has 0 radical (unpaired) electrons. The number of hydrogen-bond acceptors (Lipinski definition) is 4. The van der Waals surface area contributed by atoms with Crippen LogP contribution in [-0.2, 0) is 9.84 Å². The molecule has 18 heavy (non-hydrogen) atoms. The molecular weight excluding hydrogens is 272 g/mol. The Hall–Kier alpha value is -1.25. The Labute approximate surface area is 111 Å². The molecule has 1 aliphatic rings. The number of benzene rings is 1. The molecule has 0 aromatic heterocycles. The first-order chi connectivity index (χ1) is 8.50. The lowest BCUT2D eigenvalue weighted by Crippen LogP contribution is -2.15. The fourth-order valence-corrected chi connectivity index (χ4v) is 4.12. The van der Waals surface area contributed by atoms with Crippen molar-refractivity contribution in [1.82, 2.24) is 0 Å². The van der Waals surface area contributed by atoms with E-state index in [1.165, 1.54) is 0 Å². The number of nitriles is 1. The first-order valence-corrected chi connectivity index (χ1v) is 7.84. The standard InChI is InChI=1S/C12H13ClN2O2S/c13-11-5-9(6-14)1-2-12(11)15-7-10-3-4-18(16,17)8-10/h1-2,5,10,15H,3-4,7-8H2. The van der Waals surface area contributed by atoms with Gasteiger partial charge in [-0.25, -0.2) is 8.42 Å². The number of nitrogens with one attached hydrogen (secondary N) is 1. The van der Waals surface area contributed by atoms with Gasteiger partial charge in [-0.05, 0) is 30.5 Å². The molecule has 0 amide bonds. The number of hydrogen-bond donors (Lipinski definition) is 1. The van der Waals surface area contributed by atoms with Gasteiger partial charge in [-0.2, -0.15) is 5.26 Å². The summed E-state index contributed by atoms with van der Waals surface area (Å²) in [5.41, 5.74) is 1.24. The van der Waals surface area contributed by atoms with Crippen molar-refractivity contribution in [3.05, 3.63) is 28.8 Å². The second-order valence-corrected chi connectivity index (χ2v) is 7.09. The molecule has 4 nitrogen and oxygen atoms in total. The van der Waals surface area contributed by atoms with Gasteiger partial charge in [-0.1, -0.05) is 11.6 Å². The molecule has 96 valence electrons. The first-order valence-electron chi connectivity index (χ1n) is 5.64. The van der Waals surface area contributed by atoms with Crippen molar-refractivity contribution in [2.24, 2.45) is 5.92 Å². The summed E-state index contributed by atoms with van der Waals surface area (Å²) in [6.45, 7) is 0.588. The number of anilines is 1. The fraction of sp³-hybridized carbons (Fsp3) is 0.417. The van der Waals surface area contributed by atoms with Gasteiger partial charge in [-0.3, -0.25) is 0 Å². The fourth-order valence-electron chi connectivity index (χ4n) is 2.02. The molecule has 0 spiro atoms. The molecule has 1 heterocycles. The van der Waals surface area contributed by atoms with Crippen LogP contribution in [0.5, 0.6) is 0 Å². The maximum absolute atomic E-state index is 11.3. The Morgan fingerprint density at radius 2 is 2.28 bits per heavy atom. The van der Waals surface area contributed by atoms with Crippen molar-refractivity contribution in [3.63, 3.8) is 0 Å². The molecule has 1 aromatic carbocycles. The van der Waals surface area contributed by atoms with Crippen LogP contribution >= 0.6 is 11.6 Å². The van der Waals surface area contributed by atoms with Crippen LogP contribution in [-0.4, -0.2) is 26.5 Å². The van der Waals surface area contributed by atoms with E-state index in [1.807, 2.05) is 6.07 Å². The minimum Gasteiger partial charge on any atom is -0.384 e. The molecular formula is C12H13ClN2O2S. The van der Waals surface area contributed by atoms with Gasteiger partial charge < -0.3 is 5.32 Å². The van der Waals surface area contributed by atoms with Crippen LogP contribution in [0.2, 0.25) is 5.02 Å². The molecule has 0 bridgehead atoms. The zero-order chi connectivity index (χ0) is 13.2. The van der Waals surface area contributed by atoms with Crippen molar-refractivity contribution in [1.29, 1.82) is 5.26 Å². The monoisotopic (exact) mass is 284 g/mol. The van der Waals surface area contributed by atoms with Gasteiger partial charge in [0.15, 0.2) is 9.84 Å². The van der Waals surface area contributed by atoms with Crippen molar-refractivity contribution < 1.29 is 8.42 Å². The van der Waals surface area contributed by atoms with Crippen LogP contribution in [0.3, 0.4) is 0 Å². The normalized spacial score (nSPS) is 21.4. The Morgan fingerprint density at radius 1 is 1.50 bits per heavy atom. The summed E-state index contributed by atoms with van der Waals surface area (Å²) >= 11 is 6.02. The Kier molecular flexibility index (Phi) is 3.79. The van der Waals surface area contributed by atoms with E-state index >= 15 is 0 Å². The number of nitrogens with zero attached hydrogens (tertiary/aromatic N) is 1. The number of halogens is 1. The van der Waals surface area contributed by atoms with Crippen molar-refractivity contribution >= 4 is 27.1 Å². The average Bonchev–Trinajstić information content (AvgIpc) is 2.67. The molecule has 0 saturated carbocycles. The lowest BCUT2D eigenvalue weighted by Gasteiger charge is -2.12. The lowest BCUT2D eigenvalue weighted by molar-refractivity contribution is 0.596. The predicted molar refractivity (Wildman–Crippen MR) is 71.4 cm³/mol. The van der Waals surface area contributed by atoms with E-state index < -0.39 is 9.84 Å². The molecule has 6 heteroatoms. The van der Waals surface area contributed by atoms with E-state index in [4.69, 9.17) is 16.9 Å². The highest BCUT2D eigenvalue weighted by molar-refractivity contribution is 7.91. The Morgan fingerprint density at radius 3 is 2.83 bits per heavy atom. The topological polar surface area (TPSA) is 70.0 Å². The summed E-state index contributed by atoms with van der Waals surface area (Å²) < 4.78 is 22.6. The van der Waals surface area contributed by atoms with Crippen LogP contribution in [0.4, 0.5) is 5.69 Å². The SMILES string of the molecule is N#Cc1ccc(NCC2CCS(=O)(=O)C2)c(Cl)c1. The Balaban J connectivity index is 1.97. The third kappa shape index (κ3) is 3.15. The van der Waals surface area contributed by atoms with Crippen LogP contribution in [0.1, 0.15) is 12.0 Å². The zero-order valence-electron chi connectivity index (χ0n) is 9.69. The maximum atomic E-state index is 11.3. The van der Waals surface area contributed by atoms with E-state index in [2.05, 4.69) is 5.32 Å². The Bertz CT molecular complexity index is 593. The molecule has 1 aliphatic heterocycles. The van der Waals surface area contributed by atoms with Crippen LogP contribution in [0, 0.1) is 17.2 Å². The van der Waals surface area contributed by atoms with Gasteiger partial charge in [0, 0.05) is 6.54 Å². The molecule has 1 N–H and O–H groups in total. The summed E-state index contributed by atoms with van der Waals surface area (Å²) in [7, 11) is -2.84.